The molecule has 1 aliphatic rings. The van der Waals surface area contributed by atoms with Crippen molar-refractivity contribution in [1.29, 1.82) is 0 Å². The molecule has 3 aromatic rings. The smallest absolute Gasteiger partial charge is 0.255 e. The predicted molar refractivity (Wildman–Crippen MR) is 137 cm³/mol. The fourth-order valence-corrected chi connectivity index (χ4v) is 4.82. The lowest BCUT2D eigenvalue weighted by molar-refractivity contribution is -0.113. The molecule has 2 heterocycles. The molecule has 1 unspecified atom stereocenters. The molecule has 9 heteroatoms. The van der Waals surface area contributed by atoms with Crippen molar-refractivity contribution in [1.82, 2.24) is 9.55 Å². The maximum Gasteiger partial charge on any atom is 0.255 e. The number of benzene rings is 2. The zero-order chi connectivity index (χ0) is 24.8. The van der Waals surface area contributed by atoms with Gasteiger partial charge in [0.15, 0.2) is 5.16 Å². The van der Waals surface area contributed by atoms with Gasteiger partial charge in [-0.3, -0.25) is 9.59 Å². The highest BCUT2D eigenvalue weighted by Crippen LogP contribution is 2.25. The van der Waals surface area contributed by atoms with Gasteiger partial charge >= 0.3 is 0 Å². The summed E-state index contributed by atoms with van der Waals surface area (Å²) in [6.07, 6.45) is 2.34. The van der Waals surface area contributed by atoms with Crippen LogP contribution in [0.15, 0.2) is 53.7 Å². The number of hydrogen-bond donors (Lipinski definition) is 2. The van der Waals surface area contributed by atoms with E-state index in [2.05, 4.69) is 20.2 Å². The number of carbonyl (C=O) groups is 2. The van der Waals surface area contributed by atoms with Gasteiger partial charge in [0, 0.05) is 23.6 Å². The van der Waals surface area contributed by atoms with Gasteiger partial charge in [-0.05, 0) is 63.1 Å². The number of nitrogens with one attached hydrogen (secondary N) is 2. The molecule has 0 spiro atoms. The lowest BCUT2D eigenvalue weighted by Crippen LogP contribution is -2.18. The quantitative estimate of drug-likeness (QED) is 0.420. The molecule has 1 fully saturated rings. The van der Waals surface area contributed by atoms with E-state index in [-0.39, 0.29) is 23.7 Å². The largest absolute Gasteiger partial charge is 0.495 e. The minimum atomic E-state index is -0.258. The van der Waals surface area contributed by atoms with Crippen molar-refractivity contribution in [2.75, 3.05) is 30.1 Å². The zero-order valence-electron chi connectivity index (χ0n) is 20.2. The van der Waals surface area contributed by atoms with E-state index in [1.807, 2.05) is 26.0 Å². The Bertz CT molecular complexity index is 1190. The Morgan fingerprint density at radius 1 is 1.14 bits per heavy atom. The van der Waals surface area contributed by atoms with Crippen LogP contribution in [0.3, 0.4) is 0 Å². The van der Waals surface area contributed by atoms with Crippen molar-refractivity contribution in [2.24, 2.45) is 0 Å². The van der Waals surface area contributed by atoms with Crippen LogP contribution < -0.4 is 15.4 Å². The zero-order valence-corrected chi connectivity index (χ0v) is 21.0. The highest BCUT2D eigenvalue weighted by molar-refractivity contribution is 7.99. The summed E-state index contributed by atoms with van der Waals surface area (Å²) < 4.78 is 13.2. The first kappa shape index (κ1) is 24.8. The van der Waals surface area contributed by atoms with E-state index in [0.717, 1.165) is 42.5 Å². The van der Waals surface area contributed by atoms with Gasteiger partial charge in [0.05, 0.1) is 36.9 Å². The molecule has 0 aliphatic carbocycles. The number of aromatic nitrogens is 2. The molecule has 1 aliphatic heterocycles. The van der Waals surface area contributed by atoms with Gasteiger partial charge in [-0.25, -0.2) is 4.98 Å². The standard InChI is InChI=1S/C26H30N4O4S/c1-17-18(2)30(15-21-7-6-14-34-21)26(27-17)35-16-24(31)28-20-12-10-19(11-13-20)25(32)29-22-8-4-5-9-23(22)33-3/h4-5,8-13,21H,6-7,14-16H2,1-3H3,(H,28,31)(H,29,32). The molecule has 1 saturated heterocycles. The van der Waals surface area contributed by atoms with Crippen LogP contribution in [0.4, 0.5) is 11.4 Å². The van der Waals surface area contributed by atoms with E-state index in [9.17, 15) is 9.59 Å². The summed E-state index contributed by atoms with van der Waals surface area (Å²) >= 11 is 1.41. The molecule has 2 amide bonds. The number of nitrogens with zero attached hydrogens (tertiary/aromatic N) is 2. The SMILES string of the molecule is COc1ccccc1NC(=O)c1ccc(NC(=O)CSc2nc(C)c(C)n2CC2CCCO2)cc1. The number of rotatable bonds is 9. The van der Waals surface area contributed by atoms with Crippen LogP contribution in [-0.2, 0) is 16.1 Å². The van der Waals surface area contributed by atoms with Crippen LogP contribution in [0, 0.1) is 13.8 Å². The summed E-state index contributed by atoms with van der Waals surface area (Å²) in [5.41, 5.74) is 3.76. The maximum absolute atomic E-state index is 12.6. The van der Waals surface area contributed by atoms with Crippen LogP contribution in [-0.4, -0.2) is 46.9 Å². The van der Waals surface area contributed by atoms with Gasteiger partial charge in [0.1, 0.15) is 5.75 Å². The van der Waals surface area contributed by atoms with Crippen molar-refractivity contribution in [3.63, 3.8) is 0 Å². The third-order valence-corrected chi connectivity index (χ3v) is 6.93. The van der Waals surface area contributed by atoms with Crippen molar-refractivity contribution in [2.45, 2.75) is 44.5 Å². The van der Waals surface area contributed by atoms with Crippen LogP contribution in [0.1, 0.15) is 34.6 Å². The molecule has 1 atom stereocenters. The van der Waals surface area contributed by atoms with E-state index in [0.29, 0.717) is 22.7 Å². The maximum atomic E-state index is 12.6. The fraction of sp³-hybridized carbons (Fsp3) is 0.346. The lowest BCUT2D eigenvalue weighted by atomic mass is 10.2. The van der Waals surface area contributed by atoms with Gasteiger partial charge in [0.2, 0.25) is 5.91 Å². The van der Waals surface area contributed by atoms with Crippen LogP contribution in [0.5, 0.6) is 5.75 Å². The van der Waals surface area contributed by atoms with Crippen molar-refractivity contribution < 1.29 is 19.1 Å². The number of carbonyl (C=O) groups excluding carboxylic acids is 2. The van der Waals surface area contributed by atoms with Gasteiger partial charge in [-0.2, -0.15) is 0 Å². The number of methoxy groups -OCH3 is 1. The summed E-state index contributed by atoms with van der Waals surface area (Å²) in [7, 11) is 1.56. The molecular formula is C26H30N4O4S. The van der Waals surface area contributed by atoms with Crippen LogP contribution in [0.2, 0.25) is 0 Å². The second kappa shape index (κ2) is 11.4. The monoisotopic (exact) mass is 494 g/mol. The molecule has 0 radical (unpaired) electrons. The van der Waals surface area contributed by atoms with E-state index >= 15 is 0 Å². The predicted octanol–water partition coefficient (Wildman–Crippen LogP) is 4.67. The third kappa shape index (κ3) is 6.23. The average molecular weight is 495 g/mol. The summed E-state index contributed by atoms with van der Waals surface area (Å²) in [5.74, 6) is 0.427. The first-order valence-electron chi connectivity index (χ1n) is 11.6. The Labute approximate surface area is 209 Å². The number of imidazole rings is 1. The highest BCUT2D eigenvalue weighted by atomic mass is 32.2. The second-order valence-electron chi connectivity index (χ2n) is 8.38. The van der Waals surface area contributed by atoms with Gasteiger partial charge in [-0.15, -0.1) is 0 Å². The van der Waals surface area contributed by atoms with Crippen LogP contribution >= 0.6 is 11.8 Å². The van der Waals surface area contributed by atoms with Crippen molar-refractivity contribution in [3.8, 4) is 5.75 Å². The first-order chi connectivity index (χ1) is 16.9. The summed E-state index contributed by atoms with van der Waals surface area (Å²) in [6.45, 7) is 5.60. The molecule has 0 saturated carbocycles. The Morgan fingerprint density at radius 2 is 1.91 bits per heavy atom. The van der Waals surface area contributed by atoms with E-state index < -0.39 is 0 Å². The van der Waals surface area contributed by atoms with Gasteiger partial charge in [0.25, 0.3) is 5.91 Å². The Hall–Kier alpha value is -3.30. The minimum Gasteiger partial charge on any atom is -0.495 e. The number of aryl methyl sites for hydroxylation is 1. The van der Waals surface area contributed by atoms with E-state index in [1.165, 1.54) is 11.8 Å². The van der Waals surface area contributed by atoms with Crippen LogP contribution in [0.25, 0.3) is 0 Å². The summed E-state index contributed by atoms with van der Waals surface area (Å²) in [6, 6.07) is 14.0. The van der Waals surface area contributed by atoms with E-state index in [1.54, 1.807) is 43.5 Å². The topological polar surface area (TPSA) is 94.5 Å². The van der Waals surface area contributed by atoms with Crippen molar-refractivity contribution in [3.05, 3.63) is 65.5 Å². The minimum absolute atomic E-state index is 0.136. The molecule has 0 bridgehead atoms. The number of amides is 2. The fourth-order valence-electron chi connectivity index (χ4n) is 3.92. The first-order valence-corrected chi connectivity index (χ1v) is 12.6. The summed E-state index contributed by atoms with van der Waals surface area (Å²) in [5, 5.41) is 6.56. The number of thioether (sulfide) groups is 1. The lowest BCUT2D eigenvalue weighted by Gasteiger charge is -2.14. The molecule has 184 valence electrons. The molecular weight excluding hydrogens is 464 g/mol. The van der Waals surface area contributed by atoms with Gasteiger partial charge in [-0.1, -0.05) is 23.9 Å². The average Bonchev–Trinajstić information content (AvgIpc) is 3.47. The third-order valence-electron chi connectivity index (χ3n) is 5.95. The Kier molecular flexibility index (Phi) is 8.09. The molecule has 1 aromatic heterocycles. The molecule has 2 aromatic carbocycles. The normalized spacial score (nSPS) is 15.1. The number of anilines is 2. The molecule has 2 N–H and O–H groups in total. The van der Waals surface area contributed by atoms with E-state index in [4.69, 9.17) is 9.47 Å². The Balaban J connectivity index is 1.32. The van der Waals surface area contributed by atoms with Crippen molar-refractivity contribution >= 4 is 35.0 Å². The Morgan fingerprint density at radius 3 is 2.63 bits per heavy atom. The molecule has 4 rings (SSSR count). The number of para-hydroxylation sites is 2. The highest BCUT2D eigenvalue weighted by Gasteiger charge is 2.21. The molecule has 8 nitrogen and oxygen atoms in total. The van der Waals surface area contributed by atoms with Gasteiger partial charge < -0.3 is 24.7 Å². The second-order valence-corrected chi connectivity index (χ2v) is 9.32. The number of hydrogen-bond acceptors (Lipinski definition) is 6. The number of ether oxygens (including phenoxy) is 2. The molecule has 35 heavy (non-hydrogen) atoms. The summed E-state index contributed by atoms with van der Waals surface area (Å²) in [4.78, 5) is 29.8.